The number of fused-ring (bicyclic) bond motifs is 1. The molecule has 30 heavy (non-hydrogen) atoms. The van der Waals surface area contributed by atoms with Crippen LogP contribution in [0, 0.1) is 0 Å². The van der Waals surface area contributed by atoms with E-state index in [0.717, 1.165) is 5.56 Å². The van der Waals surface area contributed by atoms with Crippen molar-refractivity contribution in [3.8, 4) is 28.7 Å². The molecule has 0 spiro atoms. The Morgan fingerprint density at radius 2 is 1.70 bits per heavy atom. The van der Waals surface area contributed by atoms with E-state index in [1.807, 2.05) is 12.1 Å². The van der Waals surface area contributed by atoms with E-state index in [4.69, 9.17) is 18.9 Å². The summed E-state index contributed by atoms with van der Waals surface area (Å²) < 4.78 is 51.3. The number of aliphatic imine (C=N–C) groups is 1. The second-order valence-corrected chi connectivity index (χ2v) is 6.15. The Morgan fingerprint density at radius 3 is 2.33 bits per heavy atom. The lowest BCUT2D eigenvalue weighted by atomic mass is 10.1. The van der Waals surface area contributed by atoms with Gasteiger partial charge >= 0.3 is 6.61 Å². The molecular weight excluding hydrogens is 400 g/mol. The van der Waals surface area contributed by atoms with Crippen molar-refractivity contribution >= 4 is 5.96 Å². The smallest absolute Gasteiger partial charge is 0.387 e. The van der Waals surface area contributed by atoms with Gasteiger partial charge in [0.25, 0.3) is 0 Å². The Kier molecular flexibility index (Phi) is 6.99. The molecule has 1 aliphatic rings. The summed E-state index contributed by atoms with van der Waals surface area (Å²) in [6, 6.07) is 8.49. The summed E-state index contributed by atoms with van der Waals surface area (Å²) in [5, 5.41) is 6.23. The molecule has 0 aromatic heterocycles. The molecule has 2 aromatic carbocycles. The van der Waals surface area contributed by atoms with Crippen molar-refractivity contribution in [2.75, 3.05) is 28.1 Å². The van der Waals surface area contributed by atoms with Crippen molar-refractivity contribution < 1.29 is 32.5 Å². The van der Waals surface area contributed by atoms with Crippen LogP contribution in [0.4, 0.5) is 8.78 Å². The lowest BCUT2D eigenvalue weighted by Crippen LogP contribution is -2.36. The lowest BCUT2D eigenvalue weighted by molar-refractivity contribution is -0.0505. The van der Waals surface area contributed by atoms with Crippen LogP contribution in [0.25, 0.3) is 0 Å². The van der Waals surface area contributed by atoms with E-state index in [1.165, 1.54) is 6.07 Å². The molecule has 0 amide bonds. The molecule has 2 N–H and O–H groups in total. The SMILES string of the molecule is CN=C(NCc1ccc(OC)cc1OC)NCc1cc2c(cc1OC(F)F)OCO2. The minimum absolute atomic E-state index is 0.00836. The summed E-state index contributed by atoms with van der Waals surface area (Å²) in [6.07, 6.45) is 0. The maximum atomic E-state index is 12.8. The average Bonchev–Trinajstić information content (AvgIpc) is 3.20. The van der Waals surface area contributed by atoms with Gasteiger partial charge in [-0.3, -0.25) is 4.99 Å². The molecule has 0 bridgehead atoms. The van der Waals surface area contributed by atoms with Crippen molar-refractivity contribution in [1.82, 2.24) is 10.6 Å². The van der Waals surface area contributed by atoms with Crippen molar-refractivity contribution in [3.63, 3.8) is 0 Å². The zero-order valence-electron chi connectivity index (χ0n) is 16.8. The molecular formula is C20H23F2N3O5. The minimum atomic E-state index is -2.95. The molecule has 0 saturated carbocycles. The summed E-state index contributed by atoms with van der Waals surface area (Å²) in [5.41, 5.74) is 1.37. The van der Waals surface area contributed by atoms with Crippen LogP contribution in [0.3, 0.4) is 0 Å². The number of benzene rings is 2. The number of methoxy groups -OCH3 is 2. The Morgan fingerprint density at radius 1 is 1.00 bits per heavy atom. The van der Waals surface area contributed by atoms with Crippen LogP contribution in [0.2, 0.25) is 0 Å². The van der Waals surface area contributed by atoms with E-state index in [2.05, 4.69) is 20.4 Å². The summed E-state index contributed by atoms with van der Waals surface area (Å²) in [4.78, 5) is 4.15. The van der Waals surface area contributed by atoms with Crippen LogP contribution in [0.1, 0.15) is 11.1 Å². The first-order chi connectivity index (χ1) is 14.5. The van der Waals surface area contributed by atoms with Gasteiger partial charge in [-0.25, -0.2) is 0 Å². The van der Waals surface area contributed by atoms with Gasteiger partial charge in [-0.15, -0.1) is 0 Å². The summed E-state index contributed by atoms with van der Waals surface area (Å²) in [6.45, 7) is -2.32. The van der Waals surface area contributed by atoms with E-state index in [0.29, 0.717) is 41.1 Å². The molecule has 8 nitrogen and oxygen atoms in total. The van der Waals surface area contributed by atoms with E-state index in [9.17, 15) is 8.78 Å². The number of guanidine groups is 1. The second kappa shape index (κ2) is 9.86. The Hall–Kier alpha value is -3.43. The number of nitrogens with one attached hydrogen (secondary N) is 2. The van der Waals surface area contributed by atoms with Crippen LogP contribution < -0.4 is 34.3 Å². The van der Waals surface area contributed by atoms with Gasteiger partial charge in [0.05, 0.1) is 14.2 Å². The Balaban J connectivity index is 1.66. The fourth-order valence-corrected chi connectivity index (χ4v) is 2.89. The normalized spacial score (nSPS) is 12.7. The average molecular weight is 423 g/mol. The first-order valence-electron chi connectivity index (χ1n) is 9.06. The topological polar surface area (TPSA) is 82.6 Å². The van der Waals surface area contributed by atoms with Gasteiger partial charge in [0.1, 0.15) is 17.2 Å². The van der Waals surface area contributed by atoms with E-state index < -0.39 is 6.61 Å². The zero-order chi connectivity index (χ0) is 21.5. The van der Waals surface area contributed by atoms with Crippen molar-refractivity contribution in [3.05, 3.63) is 41.5 Å². The molecule has 0 unspecified atom stereocenters. The molecule has 0 fully saturated rings. The third kappa shape index (κ3) is 5.13. The highest BCUT2D eigenvalue weighted by Gasteiger charge is 2.20. The largest absolute Gasteiger partial charge is 0.497 e. The third-order valence-electron chi connectivity index (χ3n) is 4.38. The summed E-state index contributed by atoms with van der Waals surface area (Å²) in [5.74, 6) is 2.67. The van der Waals surface area contributed by atoms with Gasteiger partial charge in [0.15, 0.2) is 17.5 Å². The van der Waals surface area contributed by atoms with Crippen LogP contribution >= 0.6 is 0 Å². The maximum absolute atomic E-state index is 12.8. The summed E-state index contributed by atoms with van der Waals surface area (Å²) >= 11 is 0. The molecule has 162 valence electrons. The van der Waals surface area contributed by atoms with Crippen LogP contribution in [0.15, 0.2) is 35.3 Å². The molecule has 1 heterocycles. The molecule has 0 aliphatic carbocycles. The molecule has 0 saturated heterocycles. The van der Waals surface area contributed by atoms with E-state index in [1.54, 1.807) is 33.4 Å². The Labute approximate surface area is 172 Å². The maximum Gasteiger partial charge on any atom is 0.387 e. The number of rotatable bonds is 8. The highest BCUT2D eigenvalue weighted by atomic mass is 19.3. The number of nitrogens with zero attached hydrogens (tertiary/aromatic N) is 1. The minimum Gasteiger partial charge on any atom is -0.497 e. The van der Waals surface area contributed by atoms with Crippen LogP contribution in [-0.2, 0) is 13.1 Å². The molecule has 1 aliphatic heterocycles. The number of halogens is 2. The fourth-order valence-electron chi connectivity index (χ4n) is 2.89. The number of hydrogen-bond acceptors (Lipinski definition) is 6. The second-order valence-electron chi connectivity index (χ2n) is 6.15. The van der Waals surface area contributed by atoms with Gasteiger partial charge in [0.2, 0.25) is 6.79 Å². The quantitative estimate of drug-likeness (QED) is 0.499. The third-order valence-corrected chi connectivity index (χ3v) is 4.38. The molecule has 0 atom stereocenters. The molecule has 10 heteroatoms. The number of hydrogen-bond donors (Lipinski definition) is 2. The van der Waals surface area contributed by atoms with Gasteiger partial charge in [-0.1, -0.05) is 0 Å². The zero-order valence-corrected chi connectivity index (χ0v) is 16.8. The molecule has 3 rings (SSSR count). The van der Waals surface area contributed by atoms with Gasteiger partial charge < -0.3 is 34.3 Å². The van der Waals surface area contributed by atoms with E-state index in [-0.39, 0.29) is 19.1 Å². The van der Waals surface area contributed by atoms with Crippen molar-refractivity contribution in [2.45, 2.75) is 19.7 Å². The molecule has 2 aromatic rings. The fraction of sp³-hybridized carbons (Fsp3) is 0.350. The van der Waals surface area contributed by atoms with Crippen LogP contribution in [-0.4, -0.2) is 40.6 Å². The van der Waals surface area contributed by atoms with Crippen molar-refractivity contribution in [1.29, 1.82) is 0 Å². The predicted molar refractivity (Wildman–Crippen MR) is 106 cm³/mol. The summed E-state index contributed by atoms with van der Waals surface area (Å²) in [7, 11) is 4.77. The van der Waals surface area contributed by atoms with Gasteiger partial charge in [-0.05, 0) is 18.2 Å². The predicted octanol–water partition coefficient (Wildman–Crippen LogP) is 2.90. The van der Waals surface area contributed by atoms with Gasteiger partial charge in [-0.2, -0.15) is 8.78 Å². The lowest BCUT2D eigenvalue weighted by Gasteiger charge is -2.16. The van der Waals surface area contributed by atoms with Gasteiger partial charge in [0, 0.05) is 43.4 Å². The first-order valence-corrected chi connectivity index (χ1v) is 9.06. The highest BCUT2D eigenvalue weighted by molar-refractivity contribution is 5.79. The van der Waals surface area contributed by atoms with Crippen molar-refractivity contribution in [2.24, 2.45) is 4.99 Å². The van der Waals surface area contributed by atoms with Crippen LogP contribution in [0.5, 0.6) is 28.7 Å². The standard InChI is InChI=1S/C20H23F2N3O5/c1-23-20(24-9-12-4-5-14(26-2)7-15(12)27-3)25-10-13-6-17-18(29-11-28-17)8-16(13)30-19(21)22/h4-8,19H,9-11H2,1-3H3,(H2,23,24,25). The monoisotopic (exact) mass is 423 g/mol. The van der Waals surface area contributed by atoms with E-state index >= 15 is 0 Å². The first kappa shape index (κ1) is 21.3. The molecule has 0 radical (unpaired) electrons. The number of ether oxygens (including phenoxy) is 5. The Bertz CT molecular complexity index is 908. The highest BCUT2D eigenvalue weighted by Crippen LogP contribution is 2.38. The number of alkyl halides is 2.